The minimum atomic E-state index is 0.612. The standard InChI is InChI=1S/C45H74/c1-45(2)43-27-34(21-23-40(43)41-24-22-35(28-44(41)45)33-20-17-29-9-3-4-10-32(29)25-33)30-15-18-31(19-16-30)42-26-36-11-5-6-12-37(36)38-13-7-8-14-39(38)42/h29-44H,3-28H2,1-2H3. The Labute approximate surface area is 280 Å². The summed E-state index contributed by atoms with van der Waals surface area (Å²) in [5.41, 5.74) is 0.612. The Morgan fingerprint density at radius 2 is 0.667 bits per heavy atom. The van der Waals surface area contributed by atoms with Crippen LogP contribution in [-0.4, -0.2) is 0 Å². The van der Waals surface area contributed by atoms with Crippen molar-refractivity contribution >= 4 is 0 Å². The summed E-state index contributed by atoms with van der Waals surface area (Å²) in [5, 5.41) is 0. The van der Waals surface area contributed by atoms with Crippen molar-refractivity contribution in [3.05, 3.63) is 0 Å². The van der Waals surface area contributed by atoms with Gasteiger partial charge in [0.2, 0.25) is 0 Å². The quantitative estimate of drug-likeness (QED) is 0.297. The summed E-state index contributed by atoms with van der Waals surface area (Å²) in [4.78, 5) is 0. The van der Waals surface area contributed by atoms with E-state index < -0.39 is 0 Å². The highest BCUT2D eigenvalue weighted by Gasteiger charge is 2.58. The van der Waals surface area contributed by atoms with Crippen LogP contribution in [0.2, 0.25) is 0 Å². The number of hydrogen-bond acceptors (Lipinski definition) is 0. The van der Waals surface area contributed by atoms with Crippen molar-refractivity contribution in [2.45, 2.75) is 181 Å². The molecule has 14 unspecified atom stereocenters. The molecule has 0 bridgehead atoms. The second-order valence-electron chi connectivity index (χ2n) is 20.8. The van der Waals surface area contributed by atoms with E-state index in [-0.39, 0.29) is 0 Å². The molecule has 0 N–H and O–H groups in total. The lowest BCUT2D eigenvalue weighted by atomic mass is 9.51. The SMILES string of the molecule is CC1(C)C2CC(C3CCC(C4CC5CCCCC5C5CCCCC45)CC3)CCC2C2CCC(C3CCC4CCCCC4C3)CC21. The molecule has 0 saturated heterocycles. The zero-order valence-corrected chi connectivity index (χ0v) is 30.1. The molecule has 0 heteroatoms. The first-order valence-corrected chi connectivity index (χ1v) is 22.0. The molecular formula is C45H74. The van der Waals surface area contributed by atoms with Crippen molar-refractivity contribution < 1.29 is 0 Å². The van der Waals surface area contributed by atoms with Crippen LogP contribution < -0.4 is 0 Å². The lowest BCUT2D eigenvalue weighted by Crippen LogP contribution is -2.46. The molecule has 14 atom stereocenters. The highest BCUT2D eigenvalue weighted by Crippen LogP contribution is 2.66. The van der Waals surface area contributed by atoms with Crippen molar-refractivity contribution in [1.29, 1.82) is 0 Å². The van der Waals surface area contributed by atoms with E-state index in [9.17, 15) is 0 Å². The summed E-state index contributed by atoms with van der Waals surface area (Å²) in [6.07, 6.45) is 41.6. The number of rotatable bonds is 3. The molecule has 0 aliphatic heterocycles. The Morgan fingerprint density at radius 3 is 1.33 bits per heavy atom. The van der Waals surface area contributed by atoms with Gasteiger partial charge in [-0.25, -0.2) is 0 Å². The summed E-state index contributed by atoms with van der Waals surface area (Å²) in [7, 11) is 0. The van der Waals surface area contributed by atoms with Crippen molar-refractivity contribution in [2.75, 3.05) is 0 Å². The van der Waals surface area contributed by atoms with E-state index in [0.717, 1.165) is 94.7 Å². The minimum absolute atomic E-state index is 0.612. The van der Waals surface area contributed by atoms with Crippen molar-refractivity contribution in [2.24, 2.45) is 100 Å². The van der Waals surface area contributed by atoms with Gasteiger partial charge in [0.1, 0.15) is 0 Å². The summed E-state index contributed by atoms with van der Waals surface area (Å²) < 4.78 is 0. The van der Waals surface area contributed by atoms with Crippen LogP contribution >= 0.6 is 0 Å². The molecule has 0 nitrogen and oxygen atoms in total. The predicted octanol–water partition coefficient (Wildman–Crippen LogP) is 13.1. The van der Waals surface area contributed by atoms with Gasteiger partial charge in [-0.15, -0.1) is 0 Å². The average Bonchev–Trinajstić information content (AvgIpc) is 3.33. The second-order valence-corrected chi connectivity index (χ2v) is 20.8. The Bertz CT molecular complexity index is 1000. The third kappa shape index (κ3) is 5.57. The maximum atomic E-state index is 2.80. The van der Waals surface area contributed by atoms with E-state index in [2.05, 4.69) is 13.8 Å². The first-order valence-electron chi connectivity index (χ1n) is 22.0. The van der Waals surface area contributed by atoms with Gasteiger partial charge in [0, 0.05) is 0 Å². The third-order valence-corrected chi connectivity index (χ3v) is 19.2. The van der Waals surface area contributed by atoms with Gasteiger partial charge < -0.3 is 0 Å². The molecule has 9 aliphatic carbocycles. The largest absolute Gasteiger partial charge is 0.0594 e. The minimum Gasteiger partial charge on any atom is -0.0594 e. The van der Waals surface area contributed by atoms with Crippen molar-refractivity contribution in [3.63, 3.8) is 0 Å². The average molecular weight is 615 g/mol. The van der Waals surface area contributed by atoms with Crippen LogP contribution in [0, 0.1) is 100 Å². The zero-order valence-electron chi connectivity index (χ0n) is 30.1. The highest BCUT2D eigenvalue weighted by atomic mass is 14.6. The fraction of sp³-hybridized carbons (Fsp3) is 1.00. The van der Waals surface area contributed by atoms with Crippen LogP contribution in [0.25, 0.3) is 0 Å². The molecule has 9 rings (SSSR count). The zero-order chi connectivity index (χ0) is 30.1. The molecule has 0 aromatic carbocycles. The van der Waals surface area contributed by atoms with Crippen LogP contribution in [-0.2, 0) is 0 Å². The molecule has 0 aromatic rings. The van der Waals surface area contributed by atoms with Crippen LogP contribution in [0.4, 0.5) is 0 Å². The van der Waals surface area contributed by atoms with E-state index in [1.54, 1.807) is 167 Å². The molecule has 45 heavy (non-hydrogen) atoms. The van der Waals surface area contributed by atoms with Crippen LogP contribution in [0.15, 0.2) is 0 Å². The van der Waals surface area contributed by atoms with Crippen molar-refractivity contribution in [1.82, 2.24) is 0 Å². The molecule has 254 valence electrons. The lowest BCUT2D eigenvalue weighted by Gasteiger charge is -2.54. The summed E-state index contributed by atoms with van der Waals surface area (Å²) in [6, 6.07) is 0. The molecule has 0 amide bonds. The Balaban J connectivity index is 0.819. The Hall–Kier alpha value is 0. The fourth-order valence-electron chi connectivity index (χ4n) is 17.1. The summed E-state index contributed by atoms with van der Waals surface area (Å²) >= 11 is 0. The molecule has 0 heterocycles. The first kappa shape index (κ1) is 31.0. The van der Waals surface area contributed by atoms with Gasteiger partial charge >= 0.3 is 0 Å². The maximum Gasteiger partial charge on any atom is -0.0292 e. The van der Waals surface area contributed by atoms with E-state index >= 15 is 0 Å². The lowest BCUT2D eigenvalue weighted by molar-refractivity contribution is -0.0474. The first-order chi connectivity index (χ1) is 22.0. The van der Waals surface area contributed by atoms with Gasteiger partial charge in [0.05, 0.1) is 0 Å². The van der Waals surface area contributed by atoms with E-state index in [1.807, 2.05) is 0 Å². The van der Waals surface area contributed by atoms with E-state index in [1.165, 1.54) is 0 Å². The molecule has 9 aliphatic rings. The molecule has 9 saturated carbocycles. The summed E-state index contributed by atoms with van der Waals surface area (Å²) in [6.45, 7) is 5.61. The molecule has 0 spiro atoms. The van der Waals surface area contributed by atoms with Crippen molar-refractivity contribution in [3.8, 4) is 0 Å². The predicted molar refractivity (Wildman–Crippen MR) is 190 cm³/mol. The molecule has 0 aromatic heterocycles. The molecule has 0 radical (unpaired) electrons. The summed E-state index contributed by atoms with van der Waals surface area (Å²) in [5.74, 6) is 17.7. The van der Waals surface area contributed by atoms with E-state index in [0.29, 0.717) is 5.41 Å². The topological polar surface area (TPSA) is 0 Å². The smallest absolute Gasteiger partial charge is 0.0292 e. The van der Waals surface area contributed by atoms with Gasteiger partial charge in [-0.05, 0) is 209 Å². The maximum absolute atomic E-state index is 2.80. The number of hydrogen-bond donors (Lipinski definition) is 0. The third-order valence-electron chi connectivity index (χ3n) is 19.2. The molecule has 9 fully saturated rings. The van der Waals surface area contributed by atoms with Gasteiger partial charge in [-0.2, -0.15) is 0 Å². The Kier molecular flexibility index (Phi) is 8.76. The fourth-order valence-corrected chi connectivity index (χ4v) is 17.1. The van der Waals surface area contributed by atoms with Gasteiger partial charge in [0.15, 0.2) is 0 Å². The normalized spacial score (nSPS) is 54.5. The van der Waals surface area contributed by atoms with Crippen LogP contribution in [0.1, 0.15) is 181 Å². The van der Waals surface area contributed by atoms with Crippen LogP contribution in [0.5, 0.6) is 0 Å². The van der Waals surface area contributed by atoms with E-state index in [4.69, 9.17) is 0 Å². The highest BCUT2D eigenvalue weighted by molar-refractivity contribution is 5.08. The van der Waals surface area contributed by atoms with Gasteiger partial charge in [-0.1, -0.05) is 71.6 Å². The van der Waals surface area contributed by atoms with Crippen LogP contribution in [0.3, 0.4) is 0 Å². The molecular weight excluding hydrogens is 540 g/mol. The monoisotopic (exact) mass is 615 g/mol. The number of fused-ring (bicyclic) bond motifs is 7. The second kappa shape index (κ2) is 12.7. The van der Waals surface area contributed by atoms with Gasteiger partial charge in [-0.3, -0.25) is 0 Å². The van der Waals surface area contributed by atoms with Gasteiger partial charge in [0.25, 0.3) is 0 Å². The Morgan fingerprint density at radius 1 is 0.267 bits per heavy atom.